The molecule has 0 radical (unpaired) electrons. The zero-order valence-electron chi connectivity index (χ0n) is 22.5. The smallest absolute Gasteiger partial charge is 0.386 e. The van der Waals surface area contributed by atoms with Crippen molar-refractivity contribution in [2.24, 2.45) is 9.98 Å². The van der Waals surface area contributed by atoms with Crippen molar-refractivity contribution in [2.45, 2.75) is 0 Å². The molecule has 0 rings (SSSR count). The number of nitrogens with one attached hydrogen (secondary N) is 2. The molecule has 0 aromatic rings. The first-order chi connectivity index (χ1) is 20.6. The summed E-state index contributed by atoms with van der Waals surface area (Å²) < 4.78 is 16.8. The Morgan fingerprint density at radius 3 is 2.19 bits per heavy atom. The van der Waals surface area contributed by atoms with Crippen LogP contribution >= 0.6 is 118 Å². The van der Waals surface area contributed by atoms with Crippen LogP contribution < -0.4 is 10.6 Å². The minimum Gasteiger partial charge on any atom is -0.386 e. The standard InChI is InChI=1S/C19H36N4O8S11/c24-11-36-14-38-13-30-29-5-20-6-32-1-4-35-9-23-19(27)40-15-39-17-42(28)10-21-7-33-2-3-34-8-22-18(26)31-41-16-37-12-25/h5,10,24-25H,1-4,6-9,11-17H2,(H,22,26)(H,23,27)/b20-5-,21-10-. The number of thioether (sulfide) groups is 9. The number of carbonyl (C=O) groups excluding carboxylic acids is 2. The lowest BCUT2D eigenvalue weighted by molar-refractivity contribution is -0.196. The highest BCUT2D eigenvalue weighted by Gasteiger charge is 2.04. The van der Waals surface area contributed by atoms with Crippen molar-refractivity contribution in [1.29, 1.82) is 0 Å². The predicted octanol–water partition coefficient (Wildman–Crippen LogP) is 4.94. The molecule has 4 N–H and O–H groups in total. The van der Waals surface area contributed by atoms with Gasteiger partial charge in [-0.25, -0.2) is 9.79 Å². The molecule has 0 heterocycles. The van der Waals surface area contributed by atoms with Crippen LogP contribution in [0.3, 0.4) is 0 Å². The first kappa shape index (κ1) is 43.4. The Bertz CT molecular complexity index is 735. The molecule has 12 nitrogen and oxygen atoms in total. The van der Waals surface area contributed by atoms with Gasteiger partial charge in [0.1, 0.15) is 5.94 Å². The van der Waals surface area contributed by atoms with Gasteiger partial charge in [0.15, 0.2) is 0 Å². The average Bonchev–Trinajstić information content (AvgIpc) is 2.98. The molecule has 0 aliphatic rings. The van der Waals surface area contributed by atoms with E-state index in [-0.39, 0.29) is 17.1 Å². The van der Waals surface area contributed by atoms with Crippen molar-refractivity contribution in [3.8, 4) is 0 Å². The second-order valence-electron chi connectivity index (χ2n) is 6.29. The maximum atomic E-state index is 12.0. The zero-order valence-corrected chi connectivity index (χ0v) is 31.5. The number of carbonyl (C=O) groups is 2. The normalized spacial score (nSPS) is 12.1. The molecule has 246 valence electrons. The molecule has 23 heteroatoms. The molecule has 0 bridgehead atoms. The van der Waals surface area contributed by atoms with E-state index in [1.807, 2.05) is 0 Å². The van der Waals surface area contributed by atoms with E-state index >= 15 is 0 Å². The number of nitrogens with zero attached hydrogens (tertiary/aromatic N) is 2. The summed E-state index contributed by atoms with van der Waals surface area (Å²) >= 11 is 14.2. The molecule has 0 spiro atoms. The second-order valence-corrected chi connectivity index (χ2v) is 18.8. The van der Waals surface area contributed by atoms with Crippen molar-refractivity contribution in [3.63, 3.8) is 0 Å². The van der Waals surface area contributed by atoms with Gasteiger partial charge in [-0.05, 0) is 0 Å². The SMILES string of the molecule is O=C(NCSCCSC/N=C\S(=O)CSCSC(=O)NCSCCSC/N=C\OOCSCSCO)OSCSCO. The van der Waals surface area contributed by atoms with Crippen LogP contribution in [0.15, 0.2) is 9.98 Å². The van der Waals surface area contributed by atoms with E-state index in [1.54, 1.807) is 47.0 Å². The minimum absolute atomic E-state index is 0.00744. The maximum Gasteiger partial charge on any atom is 0.420 e. The zero-order chi connectivity index (χ0) is 30.8. The van der Waals surface area contributed by atoms with Gasteiger partial charge in [0.05, 0.1) is 73.9 Å². The highest BCUT2D eigenvalue weighted by atomic mass is 32.2. The highest BCUT2D eigenvalue weighted by molar-refractivity contribution is 8.27. The lowest BCUT2D eigenvalue weighted by Crippen LogP contribution is -2.22. The van der Waals surface area contributed by atoms with Crippen LogP contribution in [-0.2, 0) is 24.8 Å². The van der Waals surface area contributed by atoms with Crippen LogP contribution in [-0.4, -0.2) is 122 Å². The lowest BCUT2D eigenvalue weighted by Gasteiger charge is -2.04. The van der Waals surface area contributed by atoms with E-state index in [0.29, 0.717) is 44.7 Å². The summed E-state index contributed by atoms with van der Waals surface area (Å²) in [6.07, 6.45) is 0.772. The summed E-state index contributed by atoms with van der Waals surface area (Å²) in [5.74, 6) is 5.97. The third-order valence-corrected chi connectivity index (χ3v) is 14.0. The Kier molecular flexibility index (Phi) is 38.1. The average molecular weight is 801 g/mol. The molecule has 0 fully saturated rings. The van der Waals surface area contributed by atoms with Gasteiger partial charge in [-0.15, -0.1) is 94.1 Å². The predicted molar refractivity (Wildman–Crippen MR) is 199 cm³/mol. The molecule has 0 saturated heterocycles. The van der Waals surface area contributed by atoms with E-state index in [4.69, 9.17) is 24.2 Å². The van der Waals surface area contributed by atoms with E-state index in [0.717, 1.165) is 51.9 Å². The largest absolute Gasteiger partial charge is 0.420 e. The Balaban J connectivity index is 3.43. The van der Waals surface area contributed by atoms with Gasteiger partial charge in [0.2, 0.25) is 6.40 Å². The van der Waals surface area contributed by atoms with Gasteiger partial charge in [-0.3, -0.25) is 14.0 Å². The van der Waals surface area contributed by atoms with Gasteiger partial charge in [-0.2, -0.15) is 4.89 Å². The lowest BCUT2D eigenvalue weighted by atomic mass is 11.0. The summed E-state index contributed by atoms with van der Waals surface area (Å²) in [6.45, 7) is 0. The summed E-state index contributed by atoms with van der Waals surface area (Å²) in [5, 5.41) is 24.7. The van der Waals surface area contributed by atoms with Gasteiger partial charge in [0, 0.05) is 33.2 Å². The Morgan fingerprint density at radius 2 is 1.45 bits per heavy atom. The minimum atomic E-state index is -1.18. The van der Waals surface area contributed by atoms with Crippen LogP contribution in [0.4, 0.5) is 9.59 Å². The molecule has 0 aromatic heterocycles. The first-order valence-electron chi connectivity index (χ1n) is 11.5. The highest BCUT2D eigenvalue weighted by Crippen LogP contribution is 2.15. The molecule has 1 unspecified atom stereocenters. The van der Waals surface area contributed by atoms with Crippen LogP contribution in [0.25, 0.3) is 0 Å². The van der Waals surface area contributed by atoms with Crippen LogP contribution in [0, 0.1) is 0 Å². The molecule has 0 aliphatic carbocycles. The Labute approximate surface area is 292 Å². The van der Waals surface area contributed by atoms with Crippen molar-refractivity contribution >= 4 is 152 Å². The van der Waals surface area contributed by atoms with Gasteiger partial charge in [0.25, 0.3) is 5.24 Å². The van der Waals surface area contributed by atoms with Crippen LogP contribution in [0.5, 0.6) is 0 Å². The number of hydrogen-bond acceptors (Lipinski definition) is 20. The Hall–Kier alpha value is 1.41. The fourth-order valence-corrected chi connectivity index (χ4v) is 10.2. The van der Waals surface area contributed by atoms with E-state index in [2.05, 4.69) is 20.6 Å². The number of aliphatic hydroxyl groups is 2. The number of aliphatic imine (C=N–C) groups is 2. The van der Waals surface area contributed by atoms with Gasteiger partial charge < -0.3 is 29.9 Å². The second kappa shape index (κ2) is 36.9. The molecular weight excluding hydrogens is 765 g/mol. The maximum absolute atomic E-state index is 12.0. The topological polar surface area (TPSA) is 168 Å². The molecule has 0 saturated carbocycles. The van der Waals surface area contributed by atoms with Gasteiger partial charge in [-0.1, -0.05) is 11.8 Å². The molecular formula is C19H36N4O8S11. The Morgan fingerprint density at radius 1 is 0.786 bits per heavy atom. The summed E-state index contributed by atoms with van der Waals surface area (Å²) in [4.78, 5) is 41.2. The number of aliphatic hydroxyl groups excluding tert-OH is 2. The van der Waals surface area contributed by atoms with Crippen LogP contribution in [0.1, 0.15) is 0 Å². The quantitative estimate of drug-likeness (QED) is 0.0147. The number of amides is 2. The molecule has 2 amide bonds. The molecule has 1 atom stereocenters. The number of hydrogen-bond donors (Lipinski definition) is 4. The third kappa shape index (κ3) is 35.9. The summed E-state index contributed by atoms with van der Waals surface area (Å²) in [7, 11) is -1.18. The fourth-order valence-electron chi connectivity index (χ4n) is 1.70. The summed E-state index contributed by atoms with van der Waals surface area (Å²) in [5.41, 5.74) is 1.45. The van der Waals surface area contributed by atoms with E-state index in [9.17, 15) is 13.8 Å². The molecule has 0 aromatic carbocycles. The number of rotatable bonds is 30. The van der Waals surface area contributed by atoms with Gasteiger partial charge >= 0.3 is 6.09 Å². The monoisotopic (exact) mass is 800 g/mol. The fraction of sp³-hybridized carbons (Fsp3) is 0.789. The summed E-state index contributed by atoms with van der Waals surface area (Å²) in [6, 6.07) is 0. The van der Waals surface area contributed by atoms with E-state index in [1.165, 1.54) is 59.0 Å². The first-order valence-corrected chi connectivity index (χ1v) is 24.1. The van der Waals surface area contributed by atoms with Crippen molar-refractivity contribution in [3.05, 3.63) is 0 Å². The molecule has 0 aliphatic heterocycles. The van der Waals surface area contributed by atoms with Crippen molar-refractivity contribution in [2.75, 3.05) is 84.7 Å². The van der Waals surface area contributed by atoms with Crippen LogP contribution in [0.2, 0.25) is 0 Å². The van der Waals surface area contributed by atoms with Crippen molar-refractivity contribution < 1.29 is 38.0 Å². The van der Waals surface area contributed by atoms with Crippen molar-refractivity contribution in [1.82, 2.24) is 10.6 Å². The van der Waals surface area contributed by atoms with E-state index < -0.39 is 16.9 Å². The third-order valence-electron chi connectivity index (χ3n) is 3.31. The molecule has 42 heavy (non-hydrogen) atoms.